The average Bonchev–Trinajstić information content (AvgIpc) is 0.811. The average molecular weight is 114 g/mol. The Bertz CT molecular complexity index is 29.0. The minimum Gasteiger partial charge on any atom is -0.324 e. The van der Waals surface area contributed by atoms with Gasteiger partial charge in [-0.1, -0.05) is 0 Å². The van der Waals surface area contributed by atoms with E-state index in [1.165, 1.54) is 0 Å². The SMILES string of the molecule is OS(P)=S. The first kappa shape index (κ1) is 4.96. The highest BCUT2D eigenvalue weighted by Crippen LogP contribution is 1.81. The van der Waals surface area contributed by atoms with E-state index in [0.29, 0.717) is 0 Å². The molecule has 4 heteroatoms. The predicted octanol–water partition coefficient (Wildman–Crippen LogP) is 0.330. The zero-order valence-electron chi connectivity index (χ0n) is 1.84. The van der Waals surface area contributed by atoms with Gasteiger partial charge in [-0.2, -0.15) is 0 Å². The molecular formula is H3OPS2. The van der Waals surface area contributed by atoms with Crippen LogP contribution in [0.3, 0.4) is 0 Å². The topological polar surface area (TPSA) is 20.2 Å². The van der Waals surface area contributed by atoms with E-state index in [2.05, 4.69) is 19.6 Å². The molecule has 0 heterocycles. The fraction of sp³-hybridized carbons (Fsp3) is 0. The van der Waals surface area contributed by atoms with Crippen molar-refractivity contribution in [2.75, 3.05) is 0 Å². The third kappa shape index (κ3) is 12.3. The molecule has 0 aromatic rings. The second-order valence-corrected chi connectivity index (χ2v) is 4.22. The van der Waals surface area contributed by atoms with Crippen LogP contribution in [-0.4, -0.2) is 4.55 Å². The van der Waals surface area contributed by atoms with Gasteiger partial charge in [0.1, 0.15) is 0 Å². The van der Waals surface area contributed by atoms with Crippen molar-refractivity contribution in [2.45, 2.75) is 0 Å². The highest BCUT2D eigenvalue weighted by atomic mass is 33.1. The van der Waals surface area contributed by atoms with Crippen molar-refractivity contribution in [1.29, 1.82) is 0 Å². The molecule has 0 aliphatic heterocycles. The van der Waals surface area contributed by atoms with Gasteiger partial charge in [0.05, 0.1) is 0 Å². The maximum absolute atomic E-state index is 7.86. The van der Waals surface area contributed by atoms with E-state index in [4.69, 9.17) is 4.55 Å². The minimum absolute atomic E-state index is 0.861. The van der Waals surface area contributed by atoms with E-state index in [1.54, 1.807) is 0 Å². The van der Waals surface area contributed by atoms with Crippen molar-refractivity contribution in [3.05, 3.63) is 0 Å². The smallest absolute Gasteiger partial charge is 0.0197 e. The summed E-state index contributed by atoms with van der Waals surface area (Å²) in [6.07, 6.45) is 0. The van der Waals surface area contributed by atoms with Crippen LogP contribution in [0.15, 0.2) is 0 Å². The third-order valence-corrected chi connectivity index (χ3v) is 0. The molecule has 0 aliphatic carbocycles. The summed E-state index contributed by atoms with van der Waals surface area (Å²) in [5, 5.41) is 0. The van der Waals surface area contributed by atoms with Gasteiger partial charge in [-0.15, -0.1) is 0 Å². The first-order valence-electron chi connectivity index (χ1n) is 0.585. The van der Waals surface area contributed by atoms with Gasteiger partial charge in [-0.25, -0.2) is 0 Å². The molecule has 0 aromatic carbocycles. The fourth-order valence-corrected chi connectivity index (χ4v) is 0. The number of hydrogen-bond acceptors (Lipinski definition) is 1. The molecule has 0 rings (SSSR count). The lowest BCUT2D eigenvalue weighted by molar-refractivity contribution is 0.669. The van der Waals surface area contributed by atoms with Crippen LogP contribution in [0.4, 0.5) is 0 Å². The van der Waals surface area contributed by atoms with Gasteiger partial charge >= 0.3 is 0 Å². The van der Waals surface area contributed by atoms with E-state index in [0.717, 1.165) is 0 Å². The van der Waals surface area contributed by atoms with Crippen molar-refractivity contribution in [3.8, 4) is 0 Å². The van der Waals surface area contributed by atoms with E-state index in [-0.39, 0.29) is 0 Å². The van der Waals surface area contributed by atoms with E-state index in [9.17, 15) is 0 Å². The van der Waals surface area contributed by atoms with Crippen LogP contribution in [0.2, 0.25) is 0 Å². The van der Waals surface area contributed by atoms with E-state index >= 15 is 0 Å². The fourth-order valence-electron chi connectivity index (χ4n) is 0. The van der Waals surface area contributed by atoms with Crippen molar-refractivity contribution in [1.82, 2.24) is 0 Å². The first-order chi connectivity index (χ1) is 1.73. The summed E-state index contributed by atoms with van der Waals surface area (Å²) in [5.74, 6) is 0. The van der Waals surface area contributed by atoms with Crippen LogP contribution in [0.1, 0.15) is 0 Å². The Hall–Kier alpha value is 0.960. The first-order valence-corrected chi connectivity index (χ1v) is 4.17. The van der Waals surface area contributed by atoms with Crippen molar-refractivity contribution < 1.29 is 4.55 Å². The number of hydrogen-bond donors (Lipinski definition) is 1. The normalized spacial score (nSPS) is 15.5. The van der Waals surface area contributed by atoms with Crippen LogP contribution in [-0.2, 0) is 20.5 Å². The zero-order chi connectivity index (χ0) is 3.58. The second kappa shape index (κ2) is 2.21. The molecule has 26 valence electrons. The van der Waals surface area contributed by atoms with Crippen LogP contribution < -0.4 is 0 Å². The molecule has 0 radical (unpaired) electrons. The predicted molar refractivity (Wildman–Crippen MR) is 27.1 cm³/mol. The molecule has 2 atom stereocenters. The Balaban J connectivity index is 2.80. The highest BCUT2D eigenvalue weighted by Gasteiger charge is 1.52. The van der Waals surface area contributed by atoms with Gasteiger partial charge in [0.25, 0.3) is 0 Å². The summed E-state index contributed by atoms with van der Waals surface area (Å²) >= 11 is 4.17. The molecule has 0 amide bonds. The Morgan fingerprint density at radius 2 is 2.00 bits per heavy atom. The highest BCUT2D eigenvalue weighted by molar-refractivity contribution is 8.54. The van der Waals surface area contributed by atoms with Crippen LogP contribution >= 0.6 is 8.44 Å². The second-order valence-electron chi connectivity index (χ2n) is 0.276. The molecule has 2 unspecified atom stereocenters. The van der Waals surface area contributed by atoms with Gasteiger partial charge in [-0.3, -0.25) is 0 Å². The van der Waals surface area contributed by atoms with Gasteiger partial charge in [-0.05, 0) is 19.6 Å². The van der Waals surface area contributed by atoms with Crippen LogP contribution in [0, 0.1) is 0 Å². The summed E-state index contributed by atoms with van der Waals surface area (Å²) in [7, 11) is 1.19. The van der Waals surface area contributed by atoms with Crippen molar-refractivity contribution in [3.63, 3.8) is 0 Å². The quantitative estimate of drug-likeness (QED) is 0.458. The largest absolute Gasteiger partial charge is 0.324 e. The maximum atomic E-state index is 7.86. The monoisotopic (exact) mass is 114 g/mol. The summed E-state index contributed by atoms with van der Waals surface area (Å²) in [6, 6.07) is 0. The van der Waals surface area contributed by atoms with Gasteiger partial charge in [0.2, 0.25) is 0 Å². The lowest BCUT2D eigenvalue weighted by atomic mass is 15.9. The van der Waals surface area contributed by atoms with Crippen LogP contribution in [0.25, 0.3) is 0 Å². The summed E-state index contributed by atoms with van der Waals surface area (Å²) in [5.41, 5.74) is 0. The van der Waals surface area contributed by atoms with Gasteiger partial charge in [0, 0.05) is 9.35 Å². The lowest BCUT2D eigenvalue weighted by Gasteiger charge is -1.66. The standard InChI is InChI=1S/H3OPS2/c1-4(2)3/h2H2,(H,1,3). The molecule has 0 saturated heterocycles. The van der Waals surface area contributed by atoms with E-state index < -0.39 is 9.35 Å². The molecular weight excluding hydrogens is 111 g/mol. The molecule has 0 aromatic heterocycles. The molecule has 0 fully saturated rings. The number of rotatable bonds is 0. The third-order valence-electron chi connectivity index (χ3n) is 0. The van der Waals surface area contributed by atoms with Gasteiger partial charge in [0.15, 0.2) is 0 Å². The van der Waals surface area contributed by atoms with Crippen molar-refractivity contribution in [2.24, 2.45) is 0 Å². The van der Waals surface area contributed by atoms with Crippen molar-refractivity contribution >= 4 is 29.0 Å². The Morgan fingerprint density at radius 1 is 2.00 bits per heavy atom. The lowest BCUT2D eigenvalue weighted by Crippen LogP contribution is -1.54. The maximum Gasteiger partial charge on any atom is 0.0197 e. The van der Waals surface area contributed by atoms with E-state index in [1.807, 2.05) is 0 Å². The molecule has 1 N–H and O–H groups in total. The van der Waals surface area contributed by atoms with Crippen LogP contribution in [0.5, 0.6) is 0 Å². The minimum atomic E-state index is -0.861. The Morgan fingerprint density at radius 3 is 2.00 bits per heavy atom. The molecule has 1 nitrogen and oxygen atoms in total. The zero-order valence-corrected chi connectivity index (χ0v) is 4.63. The molecule has 4 heavy (non-hydrogen) atoms. The Kier molecular flexibility index (Phi) is 2.74. The molecule has 0 aliphatic rings. The Labute approximate surface area is 34.2 Å². The summed E-state index contributed by atoms with van der Waals surface area (Å²) in [6.45, 7) is 0. The van der Waals surface area contributed by atoms with Gasteiger partial charge < -0.3 is 4.55 Å². The summed E-state index contributed by atoms with van der Waals surface area (Å²) in [4.78, 5) is 0. The molecule has 0 spiro atoms. The summed E-state index contributed by atoms with van der Waals surface area (Å²) < 4.78 is 7.86. The molecule has 0 saturated carbocycles. The molecule has 0 bridgehead atoms.